The van der Waals surface area contributed by atoms with E-state index in [1.54, 1.807) is 0 Å². The van der Waals surface area contributed by atoms with E-state index in [0.717, 1.165) is 49.1 Å². The predicted molar refractivity (Wildman–Crippen MR) is 182 cm³/mol. The van der Waals surface area contributed by atoms with Gasteiger partial charge in [0, 0.05) is 49.4 Å². The normalized spacial score (nSPS) is 19.3. The van der Waals surface area contributed by atoms with E-state index in [-0.39, 0.29) is 23.6 Å². The Kier molecular flexibility index (Phi) is 16.9. The van der Waals surface area contributed by atoms with Crippen LogP contribution >= 0.6 is 31.9 Å². The topological polar surface area (TPSA) is 98.8 Å². The van der Waals surface area contributed by atoms with Gasteiger partial charge in [0.1, 0.15) is 0 Å². The van der Waals surface area contributed by atoms with E-state index in [2.05, 4.69) is 108 Å². The number of rotatable bonds is 6. The molecule has 0 radical (unpaired) electrons. The zero-order valence-corrected chi connectivity index (χ0v) is 28.7. The molecule has 0 saturated carbocycles. The quantitative estimate of drug-likeness (QED) is 0.306. The number of hydrogen-bond donors (Lipinski definition) is 2. The molecule has 4 aliphatic rings. The van der Waals surface area contributed by atoms with Crippen molar-refractivity contribution >= 4 is 55.5 Å². The lowest BCUT2D eigenvalue weighted by molar-refractivity contribution is -0.138. The van der Waals surface area contributed by atoms with Gasteiger partial charge >= 0.3 is 0 Å². The van der Waals surface area contributed by atoms with E-state index in [0.29, 0.717) is 38.1 Å². The second-order valence-electron chi connectivity index (χ2n) is 11.2. The van der Waals surface area contributed by atoms with Gasteiger partial charge in [0.05, 0.1) is 0 Å². The molecule has 44 heavy (non-hydrogen) atoms. The average molecular weight is 735 g/mol. The summed E-state index contributed by atoms with van der Waals surface area (Å²) in [5.74, 6) is 1.15. The summed E-state index contributed by atoms with van der Waals surface area (Å²) in [6, 6.07) is 21.5. The van der Waals surface area contributed by atoms with Gasteiger partial charge in [0.2, 0.25) is 23.6 Å². The lowest BCUT2D eigenvalue weighted by Crippen LogP contribution is -2.41. The molecule has 0 spiro atoms. The van der Waals surface area contributed by atoms with Crippen LogP contribution < -0.4 is 10.6 Å². The van der Waals surface area contributed by atoms with E-state index in [1.807, 2.05) is 0 Å². The molecular weight excluding hydrogens is 688 g/mol. The van der Waals surface area contributed by atoms with Crippen molar-refractivity contribution in [1.29, 1.82) is 0 Å². The molecule has 2 aromatic carbocycles. The van der Waals surface area contributed by atoms with Crippen LogP contribution in [0.1, 0.15) is 74.3 Å². The van der Waals surface area contributed by atoms with E-state index in [1.165, 1.54) is 42.0 Å². The number of likely N-dealkylation sites (tertiary alicyclic amines) is 2. The number of benzene rings is 2. The van der Waals surface area contributed by atoms with Crippen LogP contribution in [-0.2, 0) is 19.2 Å². The third-order valence-electron chi connectivity index (χ3n) is 8.19. The van der Waals surface area contributed by atoms with Crippen molar-refractivity contribution in [1.82, 2.24) is 20.4 Å². The molecule has 0 atom stereocenters. The summed E-state index contributed by atoms with van der Waals surface area (Å²) in [6.45, 7) is 5.84. The zero-order valence-electron chi connectivity index (χ0n) is 25.5. The second-order valence-corrected chi connectivity index (χ2v) is 12.8. The van der Waals surface area contributed by atoms with Crippen molar-refractivity contribution in [2.24, 2.45) is 0 Å². The van der Waals surface area contributed by atoms with Gasteiger partial charge in [-0.25, -0.2) is 0 Å². The molecule has 8 nitrogen and oxygen atoms in total. The average Bonchev–Trinajstić information content (AvgIpc) is 3.63. The number of imide groups is 2. The lowest BCUT2D eigenvalue weighted by atomic mass is 9.89. The SMILES string of the molecule is BrCCBr.O=C1CCC(=O)N1.O=C1CCC(=O)N1CCN1CCC(c2ccccc2)CC1.c1ccc(C2CCNCC2)cc1. The molecule has 240 valence electrons. The summed E-state index contributed by atoms with van der Waals surface area (Å²) in [5, 5.41) is 7.62. The highest BCUT2D eigenvalue weighted by molar-refractivity contribution is 9.11. The number of hydrogen-bond acceptors (Lipinski definition) is 6. The third-order valence-corrected chi connectivity index (χ3v) is 10.0. The Hall–Kier alpha value is -2.40. The fourth-order valence-electron chi connectivity index (χ4n) is 5.72. The Balaban J connectivity index is 0.000000192. The minimum atomic E-state index is -0.148. The predicted octanol–water partition coefficient (Wildman–Crippen LogP) is 5.37. The third kappa shape index (κ3) is 12.9. The van der Waals surface area contributed by atoms with Crippen LogP contribution in [0.4, 0.5) is 0 Å². The molecule has 0 aliphatic carbocycles. The molecule has 4 amide bonds. The number of nitrogens with zero attached hydrogens (tertiary/aromatic N) is 2. The van der Waals surface area contributed by atoms with Crippen LogP contribution in [0.15, 0.2) is 60.7 Å². The minimum Gasteiger partial charge on any atom is -0.317 e. The largest absolute Gasteiger partial charge is 0.317 e. The number of amides is 4. The summed E-state index contributed by atoms with van der Waals surface area (Å²) in [7, 11) is 0. The van der Waals surface area contributed by atoms with Crippen LogP contribution in [0.2, 0.25) is 0 Å². The van der Waals surface area contributed by atoms with Gasteiger partial charge < -0.3 is 10.2 Å². The van der Waals surface area contributed by atoms with Crippen molar-refractivity contribution < 1.29 is 19.2 Å². The molecular formula is C34H46Br2N4O4. The molecule has 2 N–H and O–H groups in total. The molecule has 4 aliphatic heterocycles. The zero-order chi connectivity index (χ0) is 31.6. The van der Waals surface area contributed by atoms with Crippen molar-refractivity contribution in [3.63, 3.8) is 0 Å². The molecule has 10 heteroatoms. The molecule has 0 aromatic heterocycles. The smallest absolute Gasteiger partial charge is 0.229 e. The Morgan fingerprint density at radius 1 is 0.614 bits per heavy atom. The highest BCUT2D eigenvalue weighted by atomic mass is 79.9. The highest BCUT2D eigenvalue weighted by Gasteiger charge is 2.29. The van der Waals surface area contributed by atoms with Gasteiger partial charge in [-0.2, -0.15) is 0 Å². The first kappa shape index (κ1) is 36.1. The van der Waals surface area contributed by atoms with Gasteiger partial charge in [-0.05, 0) is 74.8 Å². The summed E-state index contributed by atoms with van der Waals surface area (Å²) < 4.78 is 0. The van der Waals surface area contributed by atoms with Gasteiger partial charge in [-0.3, -0.25) is 29.4 Å². The highest BCUT2D eigenvalue weighted by Crippen LogP contribution is 2.28. The van der Waals surface area contributed by atoms with E-state index in [4.69, 9.17) is 0 Å². The monoisotopic (exact) mass is 732 g/mol. The Morgan fingerprint density at radius 2 is 1.07 bits per heavy atom. The number of alkyl halides is 2. The summed E-state index contributed by atoms with van der Waals surface area (Å²) in [6.07, 6.45) is 6.45. The molecule has 2 aromatic rings. The maximum Gasteiger partial charge on any atom is 0.229 e. The molecule has 6 rings (SSSR count). The van der Waals surface area contributed by atoms with Crippen molar-refractivity contribution in [3.05, 3.63) is 71.8 Å². The van der Waals surface area contributed by atoms with Crippen LogP contribution in [0, 0.1) is 0 Å². The van der Waals surface area contributed by atoms with Gasteiger partial charge in [-0.15, -0.1) is 0 Å². The van der Waals surface area contributed by atoms with Crippen LogP contribution in [0.3, 0.4) is 0 Å². The fourth-order valence-corrected chi connectivity index (χ4v) is 5.72. The summed E-state index contributed by atoms with van der Waals surface area (Å²) >= 11 is 6.40. The second kappa shape index (κ2) is 20.6. The van der Waals surface area contributed by atoms with Crippen molar-refractivity contribution in [2.75, 3.05) is 49.9 Å². The number of carbonyl (C=O) groups is 4. The number of carbonyl (C=O) groups excluding carboxylic acids is 4. The van der Waals surface area contributed by atoms with Gasteiger partial charge in [0.25, 0.3) is 0 Å². The van der Waals surface area contributed by atoms with E-state index < -0.39 is 0 Å². The van der Waals surface area contributed by atoms with E-state index >= 15 is 0 Å². The van der Waals surface area contributed by atoms with Crippen LogP contribution in [-0.4, -0.2) is 83.4 Å². The van der Waals surface area contributed by atoms with E-state index in [9.17, 15) is 19.2 Å². The first-order valence-corrected chi connectivity index (χ1v) is 18.0. The maximum atomic E-state index is 11.6. The first-order chi connectivity index (χ1) is 21.4. The molecule has 0 unspecified atom stereocenters. The Labute approximate surface area is 279 Å². The molecule has 4 heterocycles. The number of nitrogens with one attached hydrogen (secondary N) is 2. The molecule has 0 bridgehead atoms. The fraction of sp³-hybridized carbons (Fsp3) is 0.529. The Morgan fingerprint density at radius 3 is 1.48 bits per heavy atom. The summed E-state index contributed by atoms with van der Waals surface area (Å²) in [5.41, 5.74) is 2.95. The Bertz CT molecular complexity index is 1120. The van der Waals surface area contributed by atoms with Gasteiger partial charge in [-0.1, -0.05) is 92.5 Å². The molecule has 4 saturated heterocycles. The molecule has 4 fully saturated rings. The van der Waals surface area contributed by atoms with Gasteiger partial charge in [0.15, 0.2) is 0 Å². The summed E-state index contributed by atoms with van der Waals surface area (Å²) in [4.78, 5) is 47.2. The standard InChI is InChI=1S/C17H22N2O2.C11H15N.C4H5NO2.C2H4Br2/c20-16-6-7-17(21)19(16)13-12-18-10-8-15(9-11-18)14-4-2-1-3-5-14;1-2-4-10(5-3-1)11-6-8-12-9-7-11;6-3-1-2-4(7)5-3;3-1-2-4/h1-5,15H,6-13H2;1-5,11-12H,6-9H2;1-2H2,(H,5,6,7);1-2H2. The maximum absolute atomic E-state index is 11.6. The van der Waals surface area contributed by atoms with Crippen LogP contribution in [0.5, 0.6) is 0 Å². The van der Waals surface area contributed by atoms with Crippen molar-refractivity contribution in [2.45, 2.75) is 63.2 Å². The first-order valence-electron chi connectivity index (χ1n) is 15.7. The minimum absolute atomic E-state index is 0.000767. The number of halogens is 2. The lowest BCUT2D eigenvalue weighted by Gasteiger charge is -2.32. The van der Waals surface area contributed by atoms with Crippen LogP contribution in [0.25, 0.3) is 0 Å². The van der Waals surface area contributed by atoms with Crippen molar-refractivity contribution in [3.8, 4) is 0 Å². The number of piperidine rings is 2.